The lowest BCUT2D eigenvalue weighted by Gasteiger charge is -2.27. The van der Waals surface area contributed by atoms with E-state index in [1.807, 2.05) is 0 Å². The van der Waals surface area contributed by atoms with Crippen LogP contribution in [0.2, 0.25) is 0 Å². The Labute approximate surface area is 120 Å². The highest BCUT2D eigenvalue weighted by atomic mass is 14.3. The molecule has 0 spiro atoms. The van der Waals surface area contributed by atoms with E-state index < -0.39 is 0 Å². The van der Waals surface area contributed by atoms with Gasteiger partial charge in [-0.05, 0) is 46.3 Å². The molecule has 108 valence electrons. The van der Waals surface area contributed by atoms with Crippen molar-refractivity contribution in [3.63, 3.8) is 0 Å². The summed E-state index contributed by atoms with van der Waals surface area (Å²) < 4.78 is 0. The van der Waals surface area contributed by atoms with Gasteiger partial charge in [-0.25, -0.2) is 0 Å². The molecule has 0 aliphatic rings. The van der Waals surface area contributed by atoms with E-state index in [4.69, 9.17) is 0 Å². The van der Waals surface area contributed by atoms with Gasteiger partial charge in [0.05, 0.1) is 0 Å². The second kappa shape index (κ2) is 5.69. The molecule has 19 heavy (non-hydrogen) atoms. The summed E-state index contributed by atoms with van der Waals surface area (Å²) in [4.78, 5) is 0. The fourth-order valence-electron chi connectivity index (χ4n) is 2.86. The van der Waals surface area contributed by atoms with Gasteiger partial charge in [0.25, 0.3) is 0 Å². The Morgan fingerprint density at radius 3 is 1.42 bits per heavy atom. The van der Waals surface area contributed by atoms with Gasteiger partial charge in [0.1, 0.15) is 0 Å². The molecule has 0 amide bonds. The highest BCUT2D eigenvalue weighted by molar-refractivity contribution is 5.38. The van der Waals surface area contributed by atoms with Crippen molar-refractivity contribution in [2.45, 2.75) is 74.1 Å². The maximum atomic E-state index is 2.33. The van der Waals surface area contributed by atoms with Crippen LogP contribution in [0.15, 0.2) is 18.2 Å². The molecule has 0 aromatic heterocycles. The van der Waals surface area contributed by atoms with Crippen molar-refractivity contribution < 1.29 is 0 Å². The smallest absolute Gasteiger partial charge is 0.0213 e. The van der Waals surface area contributed by atoms with Crippen molar-refractivity contribution in [1.29, 1.82) is 0 Å². The largest absolute Gasteiger partial charge is 0.0617 e. The number of rotatable bonds is 3. The van der Waals surface area contributed by atoms with Gasteiger partial charge < -0.3 is 0 Å². The molecule has 0 bridgehead atoms. The van der Waals surface area contributed by atoms with E-state index in [0.29, 0.717) is 16.7 Å². The van der Waals surface area contributed by atoms with Gasteiger partial charge in [0, 0.05) is 0 Å². The zero-order chi connectivity index (χ0) is 14.8. The molecule has 1 aromatic rings. The molecular weight excluding hydrogens is 228 g/mol. The van der Waals surface area contributed by atoms with Gasteiger partial charge in [-0.3, -0.25) is 0 Å². The normalized spacial score (nSPS) is 13.1. The van der Waals surface area contributed by atoms with Crippen LogP contribution in [0.25, 0.3) is 0 Å². The van der Waals surface area contributed by atoms with Crippen LogP contribution in [-0.2, 0) is 12.8 Å². The molecule has 0 heteroatoms. The third kappa shape index (κ3) is 5.38. The molecule has 0 heterocycles. The Morgan fingerprint density at radius 2 is 1.16 bits per heavy atom. The van der Waals surface area contributed by atoms with Gasteiger partial charge in [-0.15, -0.1) is 0 Å². The summed E-state index contributed by atoms with van der Waals surface area (Å²) in [6, 6.07) is 6.90. The van der Waals surface area contributed by atoms with Gasteiger partial charge >= 0.3 is 0 Å². The van der Waals surface area contributed by atoms with Crippen LogP contribution >= 0.6 is 0 Å². The highest BCUT2D eigenvalue weighted by Crippen LogP contribution is 2.32. The van der Waals surface area contributed by atoms with E-state index in [1.54, 1.807) is 16.7 Å². The maximum absolute atomic E-state index is 2.33. The number of hydrogen-bond donors (Lipinski definition) is 0. The third-order valence-corrected chi connectivity index (χ3v) is 3.31. The lowest BCUT2D eigenvalue weighted by Crippen LogP contribution is -2.16. The summed E-state index contributed by atoms with van der Waals surface area (Å²) in [7, 11) is 0. The van der Waals surface area contributed by atoms with Crippen LogP contribution in [0.1, 0.15) is 78.0 Å². The van der Waals surface area contributed by atoms with Crippen LogP contribution in [0.3, 0.4) is 0 Å². The molecule has 0 N–H and O–H groups in total. The van der Waals surface area contributed by atoms with E-state index in [0.717, 1.165) is 0 Å². The Hall–Kier alpha value is -0.780. The van der Waals surface area contributed by atoms with Crippen molar-refractivity contribution in [2.75, 3.05) is 0 Å². The summed E-state index contributed by atoms with van der Waals surface area (Å²) in [5.41, 5.74) is 5.38. The molecule has 0 atom stereocenters. The zero-order valence-electron chi connectivity index (χ0n) is 14.2. The van der Waals surface area contributed by atoms with Gasteiger partial charge in [0.2, 0.25) is 0 Å². The minimum absolute atomic E-state index is 0.351. The lowest BCUT2D eigenvalue weighted by molar-refractivity contribution is 0.401. The first-order valence-corrected chi connectivity index (χ1v) is 7.60. The lowest BCUT2D eigenvalue weighted by atomic mass is 9.79. The predicted molar refractivity (Wildman–Crippen MR) is 86.8 cm³/mol. The Balaban J connectivity index is 3.22. The first-order valence-electron chi connectivity index (χ1n) is 7.60. The Bertz CT molecular complexity index is 376. The molecule has 0 fully saturated rings. The average molecular weight is 260 g/mol. The summed E-state index contributed by atoms with van der Waals surface area (Å²) in [6.45, 7) is 18.6. The highest BCUT2D eigenvalue weighted by Gasteiger charge is 2.20. The second-order valence-corrected chi connectivity index (χ2v) is 8.62. The Morgan fingerprint density at radius 1 is 0.789 bits per heavy atom. The van der Waals surface area contributed by atoms with Crippen molar-refractivity contribution >= 4 is 0 Å². The van der Waals surface area contributed by atoms with Gasteiger partial charge in [0.15, 0.2) is 0 Å². The van der Waals surface area contributed by atoms with Crippen molar-refractivity contribution in [1.82, 2.24) is 0 Å². The fourth-order valence-corrected chi connectivity index (χ4v) is 2.86. The van der Waals surface area contributed by atoms with Crippen LogP contribution in [0.5, 0.6) is 0 Å². The molecular formula is C19H32. The minimum atomic E-state index is 0.351. The van der Waals surface area contributed by atoms with Crippen molar-refractivity contribution in [3.05, 3.63) is 34.9 Å². The van der Waals surface area contributed by atoms with E-state index >= 15 is 0 Å². The van der Waals surface area contributed by atoms with Crippen LogP contribution < -0.4 is 0 Å². The van der Waals surface area contributed by atoms with Crippen molar-refractivity contribution in [2.24, 2.45) is 10.8 Å². The molecule has 1 aromatic carbocycles. The molecule has 0 nitrogen and oxygen atoms in total. The van der Waals surface area contributed by atoms with E-state index in [-0.39, 0.29) is 0 Å². The fraction of sp³-hybridized carbons (Fsp3) is 0.684. The molecule has 0 saturated carbocycles. The van der Waals surface area contributed by atoms with Gasteiger partial charge in [-0.1, -0.05) is 73.6 Å². The molecule has 0 aliphatic heterocycles. The van der Waals surface area contributed by atoms with Gasteiger partial charge in [-0.2, -0.15) is 0 Å². The first-order chi connectivity index (χ1) is 8.49. The average Bonchev–Trinajstić information content (AvgIpc) is 2.11. The third-order valence-electron chi connectivity index (χ3n) is 3.31. The number of benzene rings is 1. The summed E-state index contributed by atoms with van der Waals surface area (Å²) in [5.74, 6) is 0.607. The molecule has 0 aliphatic carbocycles. The van der Waals surface area contributed by atoms with Crippen LogP contribution in [-0.4, -0.2) is 0 Å². The standard InChI is InChI=1S/C19H32/c1-14(2)17-15(12-18(3,4)5)10-9-11-16(17)13-19(6,7)8/h9-11,14H,12-13H2,1-8H3. The summed E-state index contributed by atoms with van der Waals surface area (Å²) in [5, 5.41) is 0. The van der Waals surface area contributed by atoms with Crippen LogP contribution in [0, 0.1) is 10.8 Å². The molecule has 0 unspecified atom stereocenters. The van der Waals surface area contributed by atoms with E-state index in [2.05, 4.69) is 73.6 Å². The zero-order valence-corrected chi connectivity index (χ0v) is 14.2. The topological polar surface area (TPSA) is 0 Å². The van der Waals surface area contributed by atoms with Crippen molar-refractivity contribution in [3.8, 4) is 0 Å². The minimum Gasteiger partial charge on any atom is -0.0617 e. The quantitative estimate of drug-likeness (QED) is 0.626. The van der Waals surface area contributed by atoms with Crippen LogP contribution in [0.4, 0.5) is 0 Å². The van der Waals surface area contributed by atoms with E-state index in [9.17, 15) is 0 Å². The maximum Gasteiger partial charge on any atom is -0.0213 e. The first kappa shape index (κ1) is 16.3. The summed E-state index contributed by atoms with van der Waals surface area (Å²) in [6.07, 6.45) is 2.33. The molecule has 0 saturated heterocycles. The number of hydrogen-bond acceptors (Lipinski definition) is 0. The predicted octanol–water partition coefficient (Wildman–Crippen LogP) is 5.99. The van der Waals surface area contributed by atoms with E-state index in [1.165, 1.54) is 12.8 Å². The molecule has 1 rings (SSSR count). The molecule has 0 radical (unpaired) electrons. The summed E-state index contributed by atoms with van der Waals surface area (Å²) >= 11 is 0. The monoisotopic (exact) mass is 260 g/mol. The second-order valence-electron chi connectivity index (χ2n) is 8.62. The SMILES string of the molecule is CC(C)c1c(CC(C)(C)C)cccc1CC(C)(C)C. The Kier molecular flexibility index (Phi) is 4.87.